The molecule has 2 aromatic carbocycles. The summed E-state index contributed by atoms with van der Waals surface area (Å²) >= 11 is 0. The van der Waals surface area contributed by atoms with Crippen LogP contribution in [0.1, 0.15) is 22.0 Å². The second-order valence-electron chi connectivity index (χ2n) is 6.12. The van der Waals surface area contributed by atoms with Crippen molar-refractivity contribution in [2.24, 2.45) is 0 Å². The summed E-state index contributed by atoms with van der Waals surface area (Å²) in [5.41, 5.74) is 1.26. The Kier molecular flexibility index (Phi) is 5.86. The van der Waals surface area contributed by atoms with Crippen molar-refractivity contribution < 1.29 is 14.3 Å². The van der Waals surface area contributed by atoms with Crippen molar-refractivity contribution in [2.75, 3.05) is 33.3 Å². The first-order valence-electron chi connectivity index (χ1n) is 8.68. The monoisotopic (exact) mass is 353 g/mol. The van der Waals surface area contributed by atoms with Crippen LogP contribution in [0.25, 0.3) is 0 Å². The number of carbonyl (C=O) groups excluding carboxylic acids is 2. The van der Waals surface area contributed by atoms with Crippen LogP contribution < -0.4 is 15.4 Å². The van der Waals surface area contributed by atoms with E-state index in [1.165, 1.54) is 0 Å². The normalized spacial score (nSPS) is 15.2. The van der Waals surface area contributed by atoms with Gasteiger partial charge in [0, 0.05) is 31.7 Å². The van der Waals surface area contributed by atoms with E-state index in [1.54, 1.807) is 36.3 Å². The number of ether oxygens (including phenoxy) is 1. The Morgan fingerprint density at radius 3 is 2.31 bits per heavy atom. The van der Waals surface area contributed by atoms with Gasteiger partial charge in [-0.3, -0.25) is 9.59 Å². The standard InChI is InChI=1S/C20H23N3O3/c1-26-17-9-7-16(8-10-17)19(24)22-18(15-5-3-2-4-6-15)20(25)23-13-11-21-12-14-23/h2-10,18,21H,11-14H2,1H3,(H,22,24). The Labute approximate surface area is 153 Å². The van der Waals surface area contributed by atoms with Crippen molar-refractivity contribution in [1.29, 1.82) is 0 Å². The maximum atomic E-state index is 13.0. The van der Waals surface area contributed by atoms with Crippen molar-refractivity contribution in [3.05, 3.63) is 65.7 Å². The Morgan fingerprint density at radius 2 is 1.69 bits per heavy atom. The summed E-state index contributed by atoms with van der Waals surface area (Å²) in [6.07, 6.45) is 0. The molecule has 6 heteroatoms. The van der Waals surface area contributed by atoms with E-state index in [1.807, 2.05) is 30.3 Å². The van der Waals surface area contributed by atoms with Gasteiger partial charge in [0.2, 0.25) is 5.91 Å². The summed E-state index contributed by atoms with van der Waals surface area (Å²) in [5.74, 6) is 0.308. The topological polar surface area (TPSA) is 70.7 Å². The smallest absolute Gasteiger partial charge is 0.252 e. The molecule has 1 heterocycles. The number of benzene rings is 2. The zero-order valence-corrected chi connectivity index (χ0v) is 14.8. The summed E-state index contributed by atoms with van der Waals surface area (Å²) in [5, 5.41) is 6.13. The van der Waals surface area contributed by atoms with Crippen molar-refractivity contribution in [1.82, 2.24) is 15.5 Å². The van der Waals surface area contributed by atoms with Crippen LogP contribution in [0.2, 0.25) is 0 Å². The highest BCUT2D eigenvalue weighted by atomic mass is 16.5. The fourth-order valence-electron chi connectivity index (χ4n) is 2.96. The largest absolute Gasteiger partial charge is 0.497 e. The van der Waals surface area contributed by atoms with E-state index >= 15 is 0 Å². The average Bonchev–Trinajstić information content (AvgIpc) is 2.72. The minimum absolute atomic E-state index is 0.0837. The highest BCUT2D eigenvalue weighted by Crippen LogP contribution is 2.18. The molecule has 26 heavy (non-hydrogen) atoms. The molecule has 0 radical (unpaired) electrons. The predicted molar refractivity (Wildman–Crippen MR) is 99.1 cm³/mol. The van der Waals surface area contributed by atoms with E-state index in [-0.39, 0.29) is 11.8 Å². The number of methoxy groups -OCH3 is 1. The molecule has 2 aromatic rings. The van der Waals surface area contributed by atoms with Gasteiger partial charge < -0.3 is 20.3 Å². The minimum atomic E-state index is -0.705. The molecule has 1 aliphatic rings. The Bertz CT molecular complexity index is 741. The number of piperazine rings is 1. The Balaban J connectivity index is 1.80. The first-order valence-corrected chi connectivity index (χ1v) is 8.68. The van der Waals surface area contributed by atoms with Crippen molar-refractivity contribution in [3.63, 3.8) is 0 Å². The Morgan fingerprint density at radius 1 is 1.04 bits per heavy atom. The van der Waals surface area contributed by atoms with Crippen LogP contribution in [0, 0.1) is 0 Å². The first-order chi connectivity index (χ1) is 12.7. The van der Waals surface area contributed by atoms with E-state index in [2.05, 4.69) is 10.6 Å². The number of rotatable bonds is 5. The van der Waals surface area contributed by atoms with Gasteiger partial charge in [0.25, 0.3) is 5.91 Å². The van der Waals surface area contributed by atoms with Crippen molar-refractivity contribution in [3.8, 4) is 5.75 Å². The SMILES string of the molecule is COc1ccc(C(=O)NC(C(=O)N2CCNCC2)c2ccccc2)cc1. The molecule has 0 bridgehead atoms. The molecule has 1 aliphatic heterocycles. The highest BCUT2D eigenvalue weighted by molar-refractivity contribution is 5.98. The predicted octanol–water partition coefficient (Wildman–Crippen LogP) is 1.60. The summed E-state index contributed by atoms with van der Waals surface area (Å²) in [4.78, 5) is 27.5. The van der Waals surface area contributed by atoms with Crippen molar-refractivity contribution in [2.45, 2.75) is 6.04 Å². The number of hydrogen-bond acceptors (Lipinski definition) is 4. The molecule has 1 saturated heterocycles. The van der Waals surface area contributed by atoms with E-state index in [0.29, 0.717) is 24.4 Å². The maximum absolute atomic E-state index is 13.0. The van der Waals surface area contributed by atoms with E-state index in [4.69, 9.17) is 4.74 Å². The Hall–Kier alpha value is -2.86. The second-order valence-corrected chi connectivity index (χ2v) is 6.12. The van der Waals surface area contributed by atoms with Gasteiger partial charge in [-0.2, -0.15) is 0 Å². The van der Waals surface area contributed by atoms with Gasteiger partial charge in [0.15, 0.2) is 0 Å². The maximum Gasteiger partial charge on any atom is 0.252 e. The molecule has 3 rings (SSSR count). The number of carbonyl (C=O) groups is 2. The third kappa shape index (κ3) is 4.21. The van der Waals surface area contributed by atoms with E-state index in [0.717, 1.165) is 18.7 Å². The quantitative estimate of drug-likeness (QED) is 0.857. The molecule has 136 valence electrons. The van der Waals surface area contributed by atoms with Crippen LogP contribution in [-0.4, -0.2) is 50.0 Å². The average molecular weight is 353 g/mol. The molecule has 1 atom stereocenters. The molecule has 1 fully saturated rings. The third-order valence-corrected chi connectivity index (χ3v) is 4.44. The molecule has 6 nitrogen and oxygen atoms in total. The highest BCUT2D eigenvalue weighted by Gasteiger charge is 2.28. The van der Waals surface area contributed by atoms with Crippen LogP contribution in [0.15, 0.2) is 54.6 Å². The summed E-state index contributed by atoms with van der Waals surface area (Å²) < 4.78 is 5.12. The first kappa shape index (κ1) is 17.9. The molecule has 2 N–H and O–H groups in total. The van der Waals surface area contributed by atoms with Crippen LogP contribution in [0.4, 0.5) is 0 Å². The van der Waals surface area contributed by atoms with E-state index < -0.39 is 6.04 Å². The fraction of sp³-hybridized carbons (Fsp3) is 0.300. The second kappa shape index (κ2) is 8.49. The zero-order chi connectivity index (χ0) is 18.4. The van der Waals surface area contributed by atoms with Crippen LogP contribution in [0.5, 0.6) is 5.75 Å². The van der Waals surface area contributed by atoms with Crippen molar-refractivity contribution >= 4 is 11.8 Å². The lowest BCUT2D eigenvalue weighted by Crippen LogP contribution is -2.50. The molecule has 1 unspecified atom stereocenters. The lowest BCUT2D eigenvalue weighted by molar-refractivity contribution is -0.134. The van der Waals surface area contributed by atoms with Gasteiger partial charge in [-0.05, 0) is 29.8 Å². The fourth-order valence-corrected chi connectivity index (χ4v) is 2.96. The number of hydrogen-bond donors (Lipinski definition) is 2. The lowest BCUT2D eigenvalue weighted by atomic mass is 10.0. The third-order valence-electron chi connectivity index (χ3n) is 4.44. The summed E-state index contributed by atoms with van der Waals surface area (Å²) in [7, 11) is 1.58. The number of amides is 2. The minimum Gasteiger partial charge on any atom is -0.497 e. The lowest BCUT2D eigenvalue weighted by Gasteiger charge is -2.31. The van der Waals surface area contributed by atoms with Gasteiger partial charge in [-0.1, -0.05) is 30.3 Å². The molecule has 0 aromatic heterocycles. The van der Waals surface area contributed by atoms with Gasteiger partial charge >= 0.3 is 0 Å². The number of nitrogens with zero attached hydrogens (tertiary/aromatic N) is 1. The molecule has 2 amide bonds. The van der Waals surface area contributed by atoms with Gasteiger partial charge in [0.05, 0.1) is 7.11 Å². The molecule has 0 saturated carbocycles. The number of nitrogens with one attached hydrogen (secondary N) is 2. The molecular weight excluding hydrogens is 330 g/mol. The van der Waals surface area contributed by atoms with E-state index in [9.17, 15) is 9.59 Å². The van der Waals surface area contributed by atoms with Gasteiger partial charge in [0.1, 0.15) is 11.8 Å². The van der Waals surface area contributed by atoms with Gasteiger partial charge in [-0.15, -0.1) is 0 Å². The van der Waals surface area contributed by atoms with Crippen LogP contribution in [0.3, 0.4) is 0 Å². The zero-order valence-electron chi connectivity index (χ0n) is 14.8. The van der Waals surface area contributed by atoms with Crippen LogP contribution >= 0.6 is 0 Å². The molecule has 0 spiro atoms. The van der Waals surface area contributed by atoms with Crippen LogP contribution in [-0.2, 0) is 4.79 Å². The summed E-state index contributed by atoms with van der Waals surface area (Å²) in [6.45, 7) is 2.81. The molecular formula is C20H23N3O3. The summed E-state index contributed by atoms with van der Waals surface area (Å²) in [6, 6.07) is 15.5. The molecule has 0 aliphatic carbocycles. The van der Waals surface area contributed by atoms with Gasteiger partial charge in [-0.25, -0.2) is 0 Å².